The van der Waals surface area contributed by atoms with E-state index in [1.807, 2.05) is 0 Å². The third-order valence-corrected chi connectivity index (χ3v) is 8.28. The fourth-order valence-electron chi connectivity index (χ4n) is 4.15. The normalized spacial score (nSPS) is 12.0. The molecule has 1 aromatic heterocycles. The van der Waals surface area contributed by atoms with Gasteiger partial charge in [-0.3, -0.25) is 9.69 Å². The molecule has 0 aliphatic heterocycles. The van der Waals surface area contributed by atoms with E-state index in [9.17, 15) is 13.2 Å². The van der Waals surface area contributed by atoms with Crippen LogP contribution in [0.4, 0.5) is 10.8 Å². The molecule has 0 saturated heterocycles. The maximum Gasteiger partial charge on any atom is 0.339 e. The number of benzene rings is 2. The van der Waals surface area contributed by atoms with Crippen molar-refractivity contribution < 1.29 is 17.4 Å². The molecule has 1 heterocycles. The van der Waals surface area contributed by atoms with Gasteiger partial charge in [-0.25, -0.2) is 4.98 Å². The summed E-state index contributed by atoms with van der Waals surface area (Å²) in [4.78, 5) is 19.0. The second kappa shape index (κ2) is 13.9. The molecule has 0 spiro atoms. The molecule has 0 aliphatic rings. The van der Waals surface area contributed by atoms with Crippen molar-refractivity contribution in [3.63, 3.8) is 0 Å². The summed E-state index contributed by atoms with van der Waals surface area (Å²) in [7, 11) is -4.01. The number of hydrogen-bond acceptors (Lipinski definition) is 9. The van der Waals surface area contributed by atoms with E-state index in [1.165, 1.54) is 23.5 Å². The zero-order valence-corrected chi connectivity index (χ0v) is 24.2. The molecule has 3 aromatic rings. The number of nitrogens with one attached hydrogen (secondary N) is 2. The third-order valence-electron chi connectivity index (χ3n) is 6.09. The molecule has 0 fully saturated rings. The van der Waals surface area contributed by atoms with E-state index >= 15 is 0 Å². The molecule has 38 heavy (non-hydrogen) atoms. The van der Waals surface area contributed by atoms with Gasteiger partial charge >= 0.3 is 10.1 Å². The highest BCUT2D eigenvalue weighted by Crippen LogP contribution is 2.31. The molecular weight excluding hydrogens is 522 g/mol. The van der Waals surface area contributed by atoms with Crippen LogP contribution in [0.1, 0.15) is 53.4 Å². The van der Waals surface area contributed by atoms with Crippen molar-refractivity contribution in [2.45, 2.75) is 70.4 Å². The van der Waals surface area contributed by atoms with Crippen molar-refractivity contribution in [2.75, 3.05) is 30.3 Å². The van der Waals surface area contributed by atoms with Crippen LogP contribution in [0.2, 0.25) is 0 Å². The minimum Gasteiger partial charge on any atom is -0.384 e. The summed E-state index contributed by atoms with van der Waals surface area (Å²) in [5.41, 5.74) is 6.98. The molecule has 11 heteroatoms. The first-order valence-electron chi connectivity index (χ1n) is 13.0. The van der Waals surface area contributed by atoms with Gasteiger partial charge in [0.2, 0.25) is 5.91 Å². The number of nitrogens with zero attached hydrogens (tertiary/aromatic N) is 2. The molecule has 2 aromatic carbocycles. The highest BCUT2D eigenvalue weighted by Gasteiger charge is 2.18. The Bertz CT molecular complexity index is 1280. The van der Waals surface area contributed by atoms with Crippen LogP contribution < -0.4 is 20.6 Å². The molecule has 4 N–H and O–H groups in total. The molecule has 0 bridgehead atoms. The van der Waals surface area contributed by atoms with E-state index in [4.69, 9.17) is 9.92 Å². The molecule has 0 atom stereocenters. The Morgan fingerprint density at radius 3 is 2.42 bits per heavy atom. The topological polar surface area (TPSA) is 127 Å². The Balaban J connectivity index is 1.58. The summed E-state index contributed by atoms with van der Waals surface area (Å²) < 4.78 is 31.9. The van der Waals surface area contributed by atoms with Crippen LogP contribution in [-0.2, 0) is 14.9 Å². The lowest BCUT2D eigenvalue weighted by atomic mass is 10.2. The van der Waals surface area contributed by atoms with Gasteiger partial charge in [0.1, 0.15) is 10.6 Å². The number of aromatic nitrogens is 1. The Morgan fingerprint density at radius 1 is 1.05 bits per heavy atom. The zero-order valence-electron chi connectivity index (χ0n) is 22.6. The number of hydrogen-bond donors (Lipinski definition) is 3. The monoisotopic (exact) mass is 561 g/mol. The smallest absolute Gasteiger partial charge is 0.339 e. The van der Waals surface area contributed by atoms with Crippen LogP contribution in [0.5, 0.6) is 5.75 Å². The van der Waals surface area contributed by atoms with Crippen molar-refractivity contribution in [2.24, 2.45) is 5.73 Å². The molecule has 0 aliphatic carbocycles. The highest BCUT2D eigenvalue weighted by atomic mass is 32.2. The molecule has 0 unspecified atom stereocenters. The van der Waals surface area contributed by atoms with E-state index < -0.39 is 10.1 Å². The van der Waals surface area contributed by atoms with Crippen molar-refractivity contribution in [3.8, 4) is 5.75 Å². The fraction of sp³-hybridized carbons (Fsp3) is 0.481. The first kappa shape index (κ1) is 29.8. The summed E-state index contributed by atoms with van der Waals surface area (Å²) in [6.07, 6.45) is 2.99. The van der Waals surface area contributed by atoms with Crippen LogP contribution >= 0.6 is 11.3 Å². The molecule has 208 valence electrons. The molecular formula is C27H39N5O4S2. The van der Waals surface area contributed by atoms with E-state index in [0.717, 1.165) is 38.0 Å². The van der Waals surface area contributed by atoms with Gasteiger partial charge in [-0.2, -0.15) is 8.42 Å². The lowest BCUT2D eigenvalue weighted by molar-refractivity contribution is -0.116. The minimum absolute atomic E-state index is 0.0704. The third kappa shape index (κ3) is 8.65. The van der Waals surface area contributed by atoms with Crippen molar-refractivity contribution >= 4 is 48.4 Å². The number of unbranched alkanes of at least 4 members (excludes halogenated alkanes) is 2. The molecule has 0 radical (unpaired) electrons. The molecule has 9 nitrogen and oxygen atoms in total. The van der Waals surface area contributed by atoms with Gasteiger partial charge in [0.25, 0.3) is 0 Å². The number of nitrogens with two attached hydrogens (primary N) is 1. The molecule has 3 rings (SSSR count). The van der Waals surface area contributed by atoms with Crippen molar-refractivity contribution in [3.05, 3.63) is 42.5 Å². The summed E-state index contributed by atoms with van der Waals surface area (Å²) in [5, 5.41) is 6.63. The number of rotatable bonds is 15. The molecule has 0 saturated carbocycles. The van der Waals surface area contributed by atoms with Crippen molar-refractivity contribution in [1.29, 1.82) is 0 Å². The zero-order chi connectivity index (χ0) is 27.7. The van der Waals surface area contributed by atoms with Gasteiger partial charge in [-0.05, 0) is 83.5 Å². The summed E-state index contributed by atoms with van der Waals surface area (Å²) in [6, 6.07) is 12.3. The van der Waals surface area contributed by atoms with Gasteiger partial charge in [0.15, 0.2) is 5.13 Å². The fourth-order valence-corrected chi connectivity index (χ4v) is 5.99. The summed E-state index contributed by atoms with van der Waals surface area (Å²) in [6.45, 7) is 11.0. The Labute approximate surface area is 229 Å². The van der Waals surface area contributed by atoms with Crippen LogP contribution in [0.15, 0.2) is 47.4 Å². The average molecular weight is 562 g/mol. The quantitative estimate of drug-likeness (QED) is 0.174. The van der Waals surface area contributed by atoms with E-state index in [0.29, 0.717) is 40.4 Å². The standard InChI is InChI=1S/C27H39N5O4S2/c1-19(2)32(20(3)4)17-16-29-21-9-12-23(13-10-21)38(34,35)36-22-11-14-24-25(18-22)37-27(30-24)31-26(33)8-6-5-7-15-28/h9-14,18-20,29H,5-8,15-17,28H2,1-4H3,(H,30,31,33). The largest absolute Gasteiger partial charge is 0.384 e. The maximum absolute atomic E-state index is 12.9. The van der Waals surface area contributed by atoms with E-state index in [-0.39, 0.29) is 16.6 Å². The maximum atomic E-state index is 12.9. The number of fused-ring (bicyclic) bond motifs is 1. The SMILES string of the molecule is CC(C)N(CCNc1ccc(S(=O)(=O)Oc2ccc3nc(NC(=O)CCCCCN)sc3c2)cc1)C(C)C. The number of carbonyl (C=O) groups excluding carboxylic acids is 1. The lowest BCUT2D eigenvalue weighted by Crippen LogP contribution is -2.40. The van der Waals surface area contributed by atoms with Gasteiger partial charge < -0.3 is 20.6 Å². The second-order valence-electron chi connectivity index (χ2n) is 9.71. The summed E-state index contributed by atoms with van der Waals surface area (Å²) >= 11 is 1.27. The Hall–Kier alpha value is -2.73. The van der Waals surface area contributed by atoms with E-state index in [2.05, 4.69) is 48.2 Å². The minimum atomic E-state index is -4.01. The van der Waals surface area contributed by atoms with Gasteiger partial charge in [0.05, 0.1) is 10.2 Å². The Kier molecular flexibility index (Phi) is 10.9. The predicted octanol–water partition coefficient (Wildman–Crippen LogP) is 5.05. The first-order valence-corrected chi connectivity index (χ1v) is 15.3. The lowest BCUT2D eigenvalue weighted by Gasteiger charge is -2.30. The average Bonchev–Trinajstić information content (AvgIpc) is 3.25. The van der Waals surface area contributed by atoms with Crippen LogP contribution in [0.3, 0.4) is 0 Å². The number of anilines is 2. The highest BCUT2D eigenvalue weighted by molar-refractivity contribution is 7.87. The number of carbonyl (C=O) groups is 1. The van der Waals surface area contributed by atoms with Gasteiger partial charge in [0, 0.05) is 43.3 Å². The number of amides is 1. The van der Waals surface area contributed by atoms with Crippen molar-refractivity contribution in [1.82, 2.24) is 9.88 Å². The number of thiazole rings is 1. The van der Waals surface area contributed by atoms with Crippen LogP contribution in [0.25, 0.3) is 10.2 Å². The van der Waals surface area contributed by atoms with Gasteiger partial charge in [-0.15, -0.1) is 0 Å². The van der Waals surface area contributed by atoms with Gasteiger partial charge in [-0.1, -0.05) is 17.8 Å². The van der Waals surface area contributed by atoms with E-state index in [1.54, 1.807) is 30.3 Å². The Morgan fingerprint density at radius 2 is 1.76 bits per heavy atom. The summed E-state index contributed by atoms with van der Waals surface area (Å²) in [5.74, 6) is 0.0840. The second-order valence-corrected chi connectivity index (χ2v) is 12.3. The molecule has 1 amide bonds. The van der Waals surface area contributed by atoms with Crippen LogP contribution in [-0.4, -0.2) is 55.9 Å². The van der Waals surface area contributed by atoms with Crippen LogP contribution in [0, 0.1) is 0 Å². The predicted molar refractivity (Wildman–Crippen MR) is 155 cm³/mol. The first-order chi connectivity index (χ1) is 18.1.